The van der Waals surface area contributed by atoms with Crippen molar-refractivity contribution in [3.05, 3.63) is 39.2 Å². The minimum absolute atomic E-state index is 0.158. The fourth-order valence-corrected chi connectivity index (χ4v) is 3.44. The number of amides is 1. The van der Waals surface area contributed by atoms with Crippen molar-refractivity contribution in [1.29, 1.82) is 0 Å². The summed E-state index contributed by atoms with van der Waals surface area (Å²) < 4.78 is 16.8. The highest BCUT2D eigenvalue weighted by molar-refractivity contribution is 5.89. The predicted molar refractivity (Wildman–Crippen MR) is 106 cm³/mol. The number of rotatable bonds is 6. The number of ether oxygens (including phenoxy) is 2. The van der Waals surface area contributed by atoms with Gasteiger partial charge in [-0.25, -0.2) is 4.79 Å². The first-order chi connectivity index (χ1) is 13.4. The fraction of sp³-hybridized carbons (Fsp3) is 0.524. The van der Waals surface area contributed by atoms with Crippen LogP contribution in [0.4, 0.5) is 0 Å². The second-order valence-corrected chi connectivity index (χ2v) is 7.44. The Bertz CT molecular complexity index is 915. The first kappa shape index (κ1) is 20.4. The zero-order valence-corrected chi connectivity index (χ0v) is 17.0. The zero-order valence-electron chi connectivity index (χ0n) is 17.0. The summed E-state index contributed by atoms with van der Waals surface area (Å²) in [5, 5.41) is 3.68. The van der Waals surface area contributed by atoms with Crippen molar-refractivity contribution in [2.75, 3.05) is 39.4 Å². The molecule has 1 saturated heterocycles. The van der Waals surface area contributed by atoms with E-state index in [-0.39, 0.29) is 11.5 Å². The van der Waals surface area contributed by atoms with Gasteiger partial charge in [0.15, 0.2) is 6.10 Å². The third-order valence-corrected chi connectivity index (χ3v) is 5.31. The van der Waals surface area contributed by atoms with Crippen LogP contribution in [0.1, 0.15) is 23.6 Å². The topological polar surface area (TPSA) is 82.2 Å². The van der Waals surface area contributed by atoms with E-state index >= 15 is 0 Å². The molecule has 0 saturated carbocycles. The lowest BCUT2D eigenvalue weighted by Crippen LogP contribution is -3.14. The summed E-state index contributed by atoms with van der Waals surface area (Å²) >= 11 is 0. The summed E-state index contributed by atoms with van der Waals surface area (Å²) in [5.41, 5.74) is 2.39. The molecule has 0 spiro atoms. The Hall–Kier alpha value is -2.38. The molecule has 2 aromatic rings. The highest BCUT2D eigenvalue weighted by Crippen LogP contribution is 2.31. The molecule has 1 fully saturated rings. The molecule has 0 aliphatic carbocycles. The van der Waals surface area contributed by atoms with Gasteiger partial charge >= 0.3 is 5.63 Å². The van der Waals surface area contributed by atoms with Crippen LogP contribution in [0.15, 0.2) is 21.3 Å². The van der Waals surface area contributed by atoms with E-state index in [1.165, 1.54) is 4.90 Å². The normalized spacial score (nSPS) is 16.1. The molecule has 1 aromatic heterocycles. The van der Waals surface area contributed by atoms with Gasteiger partial charge in [-0.15, -0.1) is 0 Å². The molecule has 3 rings (SSSR count). The average Bonchev–Trinajstić information content (AvgIpc) is 2.66. The third kappa shape index (κ3) is 4.54. The second-order valence-electron chi connectivity index (χ2n) is 7.44. The molecule has 1 amide bonds. The van der Waals surface area contributed by atoms with Crippen LogP contribution in [0, 0.1) is 20.8 Å². The molecule has 28 heavy (non-hydrogen) atoms. The van der Waals surface area contributed by atoms with Crippen molar-refractivity contribution in [2.24, 2.45) is 0 Å². The standard InChI is InChI=1S/C21H28N2O5/c1-13-11-17(19-14(2)15(3)21(25)28-18(19)12-13)27-16(4)20(24)22-5-6-23-7-9-26-10-8-23/h11-12,16H,5-10H2,1-4H3,(H,22,24)/p+1/t16-/m1/s1. The number of carbonyl (C=O) groups excluding carboxylic acids is 1. The van der Waals surface area contributed by atoms with E-state index in [0.29, 0.717) is 23.4 Å². The lowest BCUT2D eigenvalue weighted by atomic mass is 10.0. The first-order valence-electron chi connectivity index (χ1n) is 9.77. The number of aryl methyl sites for hydroxylation is 2. The highest BCUT2D eigenvalue weighted by atomic mass is 16.5. The maximum absolute atomic E-state index is 12.5. The highest BCUT2D eigenvalue weighted by Gasteiger charge is 2.20. The molecule has 2 N–H and O–H groups in total. The number of morpholine rings is 1. The molecule has 7 heteroatoms. The van der Waals surface area contributed by atoms with E-state index in [1.54, 1.807) is 13.8 Å². The number of carbonyl (C=O) groups is 1. The Labute approximate surface area is 164 Å². The smallest absolute Gasteiger partial charge is 0.339 e. The van der Waals surface area contributed by atoms with Crippen LogP contribution in [0.2, 0.25) is 0 Å². The van der Waals surface area contributed by atoms with Crippen molar-refractivity contribution in [3.8, 4) is 5.75 Å². The minimum Gasteiger partial charge on any atom is -0.480 e. The third-order valence-electron chi connectivity index (χ3n) is 5.31. The number of quaternary nitrogens is 1. The van der Waals surface area contributed by atoms with E-state index in [4.69, 9.17) is 13.9 Å². The summed E-state index contributed by atoms with van der Waals surface area (Å²) in [6.45, 7) is 12.2. The van der Waals surface area contributed by atoms with E-state index in [0.717, 1.165) is 49.4 Å². The molecule has 7 nitrogen and oxygen atoms in total. The van der Waals surface area contributed by atoms with E-state index < -0.39 is 6.10 Å². The van der Waals surface area contributed by atoms with Crippen LogP contribution in [0.3, 0.4) is 0 Å². The van der Waals surface area contributed by atoms with Crippen molar-refractivity contribution >= 4 is 16.9 Å². The van der Waals surface area contributed by atoms with Crippen molar-refractivity contribution < 1.29 is 23.6 Å². The molecular weight excluding hydrogens is 360 g/mol. The van der Waals surface area contributed by atoms with E-state index in [1.807, 2.05) is 26.0 Å². The van der Waals surface area contributed by atoms with Crippen molar-refractivity contribution in [3.63, 3.8) is 0 Å². The van der Waals surface area contributed by atoms with Gasteiger partial charge in [-0.1, -0.05) is 0 Å². The lowest BCUT2D eigenvalue weighted by Gasteiger charge is -2.24. The maximum atomic E-state index is 12.5. The summed E-state index contributed by atoms with van der Waals surface area (Å²) in [7, 11) is 0. The molecule has 0 radical (unpaired) electrons. The fourth-order valence-electron chi connectivity index (χ4n) is 3.44. The molecule has 1 aliphatic rings. The summed E-state index contributed by atoms with van der Waals surface area (Å²) in [4.78, 5) is 25.9. The van der Waals surface area contributed by atoms with Crippen LogP contribution >= 0.6 is 0 Å². The molecule has 152 valence electrons. The van der Waals surface area contributed by atoms with Gasteiger partial charge in [0.1, 0.15) is 24.4 Å². The van der Waals surface area contributed by atoms with Gasteiger partial charge in [-0.05, 0) is 51.0 Å². The largest absolute Gasteiger partial charge is 0.480 e. The predicted octanol–water partition coefficient (Wildman–Crippen LogP) is 0.517. The minimum atomic E-state index is -0.656. The Morgan fingerprint density at radius 2 is 1.93 bits per heavy atom. The molecule has 1 aliphatic heterocycles. The van der Waals surface area contributed by atoms with Gasteiger partial charge in [-0.3, -0.25) is 4.79 Å². The molecule has 1 atom stereocenters. The molecule has 2 heterocycles. The van der Waals surface area contributed by atoms with Gasteiger partial charge in [0, 0.05) is 5.56 Å². The van der Waals surface area contributed by atoms with Crippen LogP contribution in [-0.4, -0.2) is 51.4 Å². The van der Waals surface area contributed by atoms with Gasteiger partial charge < -0.3 is 24.1 Å². The number of fused-ring (bicyclic) bond motifs is 1. The van der Waals surface area contributed by atoms with Gasteiger partial charge in [0.25, 0.3) is 5.91 Å². The Kier molecular flexibility index (Phi) is 6.36. The summed E-state index contributed by atoms with van der Waals surface area (Å²) in [5.74, 6) is 0.398. The molecule has 1 aromatic carbocycles. The van der Waals surface area contributed by atoms with E-state index in [9.17, 15) is 9.59 Å². The van der Waals surface area contributed by atoms with Crippen LogP contribution in [0.25, 0.3) is 11.0 Å². The van der Waals surface area contributed by atoms with Crippen LogP contribution < -0.4 is 20.6 Å². The number of benzene rings is 1. The summed E-state index contributed by atoms with van der Waals surface area (Å²) in [6, 6.07) is 3.68. The van der Waals surface area contributed by atoms with Crippen LogP contribution in [0.5, 0.6) is 5.75 Å². The first-order valence-corrected chi connectivity index (χ1v) is 9.77. The quantitative estimate of drug-likeness (QED) is 0.704. The second kappa shape index (κ2) is 8.75. The summed E-state index contributed by atoms with van der Waals surface area (Å²) in [6.07, 6.45) is -0.656. The van der Waals surface area contributed by atoms with Gasteiger partial charge in [-0.2, -0.15) is 0 Å². The Morgan fingerprint density at radius 3 is 2.64 bits per heavy atom. The maximum Gasteiger partial charge on any atom is 0.339 e. The van der Waals surface area contributed by atoms with E-state index in [2.05, 4.69) is 5.32 Å². The number of hydrogen-bond donors (Lipinski definition) is 2. The lowest BCUT2D eigenvalue weighted by molar-refractivity contribution is -0.906. The van der Waals surface area contributed by atoms with Crippen LogP contribution in [-0.2, 0) is 9.53 Å². The monoisotopic (exact) mass is 389 g/mol. The Morgan fingerprint density at radius 1 is 1.21 bits per heavy atom. The number of hydrogen-bond acceptors (Lipinski definition) is 5. The van der Waals surface area contributed by atoms with Crippen molar-refractivity contribution in [1.82, 2.24) is 5.32 Å². The average molecular weight is 389 g/mol. The molecule has 0 unspecified atom stereocenters. The van der Waals surface area contributed by atoms with Crippen molar-refractivity contribution in [2.45, 2.75) is 33.8 Å². The van der Waals surface area contributed by atoms with Gasteiger partial charge in [0.05, 0.1) is 31.7 Å². The Balaban J connectivity index is 1.70. The molecular formula is C21H29N2O5+. The SMILES string of the molecule is Cc1cc(O[C@H](C)C(=O)NCC[NH+]2CCOCC2)c2c(C)c(C)c(=O)oc2c1. The number of nitrogens with one attached hydrogen (secondary N) is 2. The zero-order chi connectivity index (χ0) is 20.3. The molecule has 0 bridgehead atoms. The van der Waals surface area contributed by atoms with Gasteiger partial charge in [0.2, 0.25) is 0 Å².